The first-order valence-corrected chi connectivity index (χ1v) is 8.16. The summed E-state index contributed by atoms with van der Waals surface area (Å²) in [6.45, 7) is 2.71. The summed E-state index contributed by atoms with van der Waals surface area (Å²) in [7, 11) is 1.33. The van der Waals surface area contributed by atoms with Crippen LogP contribution in [0.3, 0.4) is 0 Å². The van der Waals surface area contributed by atoms with E-state index in [-0.39, 0.29) is 5.91 Å². The lowest BCUT2D eigenvalue weighted by Crippen LogP contribution is -2.33. The van der Waals surface area contributed by atoms with Gasteiger partial charge < -0.3 is 15.4 Å². The first-order chi connectivity index (χ1) is 9.60. The second-order valence-electron chi connectivity index (χ2n) is 4.70. The number of rotatable bonds is 8. The van der Waals surface area contributed by atoms with Gasteiger partial charge in [-0.25, -0.2) is 0 Å². The third-order valence-electron chi connectivity index (χ3n) is 3.28. The van der Waals surface area contributed by atoms with Crippen molar-refractivity contribution in [2.45, 2.75) is 38.6 Å². The topological polar surface area (TPSA) is 72.6 Å². The van der Waals surface area contributed by atoms with Crippen LogP contribution in [0.15, 0.2) is 11.8 Å². The Bertz CT molecular complexity index is 371. The number of ether oxygens (including phenoxy) is 1. The highest BCUT2D eigenvalue weighted by Crippen LogP contribution is 2.22. The largest absolute Gasteiger partial charge is 0.468 e. The van der Waals surface area contributed by atoms with Gasteiger partial charge in [0.2, 0.25) is 5.91 Å². The van der Waals surface area contributed by atoms with E-state index in [1.54, 1.807) is 0 Å². The van der Waals surface area contributed by atoms with Crippen LogP contribution in [0.1, 0.15) is 32.6 Å². The minimum atomic E-state index is -0.595. The van der Waals surface area contributed by atoms with Crippen LogP contribution in [0, 0.1) is 0 Å². The number of methoxy groups -OCH3 is 1. The van der Waals surface area contributed by atoms with Gasteiger partial charge in [0.1, 0.15) is 6.04 Å². The standard InChI is InChI=1S/C14H24N2O3S/c1-3-16(11-6-4-5-7-11)13(17)10-20-9-8-12(15)14(18)19-2/h6,12H,3-5,7-10,15H2,1-2H3. The van der Waals surface area contributed by atoms with Gasteiger partial charge in [-0.3, -0.25) is 9.59 Å². The predicted octanol–water partition coefficient (Wildman–Crippen LogP) is 1.53. The summed E-state index contributed by atoms with van der Waals surface area (Å²) >= 11 is 1.51. The van der Waals surface area contributed by atoms with E-state index in [0.717, 1.165) is 25.0 Å². The molecule has 20 heavy (non-hydrogen) atoms. The Kier molecular flexibility index (Phi) is 7.69. The van der Waals surface area contributed by atoms with E-state index >= 15 is 0 Å². The highest BCUT2D eigenvalue weighted by atomic mass is 32.2. The number of allylic oxidation sites excluding steroid dienone is 2. The van der Waals surface area contributed by atoms with Gasteiger partial charge >= 0.3 is 5.97 Å². The van der Waals surface area contributed by atoms with Gasteiger partial charge in [0.25, 0.3) is 0 Å². The van der Waals surface area contributed by atoms with Gasteiger partial charge in [-0.15, -0.1) is 0 Å². The van der Waals surface area contributed by atoms with Gasteiger partial charge in [-0.2, -0.15) is 11.8 Å². The molecule has 6 heteroatoms. The van der Waals surface area contributed by atoms with Crippen LogP contribution in [-0.4, -0.2) is 48.0 Å². The van der Waals surface area contributed by atoms with Crippen molar-refractivity contribution in [1.82, 2.24) is 4.90 Å². The highest BCUT2D eigenvalue weighted by Gasteiger charge is 2.19. The normalized spacial score (nSPS) is 15.7. The zero-order valence-corrected chi connectivity index (χ0v) is 13.1. The molecule has 1 unspecified atom stereocenters. The molecule has 0 bridgehead atoms. The molecule has 0 fully saturated rings. The first kappa shape index (κ1) is 17.0. The van der Waals surface area contributed by atoms with Crippen LogP contribution in [0.25, 0.3) is 0 Å². The Balaban J connectivity index is 2.26. The van der Waals surface area contributed by atoms with Crippen molar-refractivity contribution in [2.75, 3.05) is 25.2 Å². The van der Waals surface area contributed by atoms with Crippen molar-refractivity contribution < 1.29 is 14.3 Å². The fourth-order valence-electron chi connectivity index (χ4n) is 2.16. The summed E-state index contributed by atoms with van der Waals surface area (Å²) in [5.74, 6) is 0.845. The van der Waals surface area contributed by atoms with Crippen LogP contribution in [0.2, 0.25) is 0 Å². The molecule has 114 valence electrons. The van der Waals surface area contributed by atoms with Crippen LogP contribution >= 0.6 is 11.8 Å². The third kappa shape index (κ3) is 5.17. The summed E-state index contributed by atoms with van der Waals surface area (Å²) in [5, 5.41) is 0. The molecule has 0 aliphatic heterocycles. The van der Waals surface area contributed by atoms with Gasteiger partial charge in [-0.1, -0.05) is 6.08 Å². The smallest absolute Gasteiger partial charge is 0.322 e. The van der Waals surface area contributed by atoms with E-state index < -0.39 is 12.0 Å². The van der Waals surface area contributed by atoms with Crippen molar-refractivity contribution in [3.8, 4) is 0 Å². The molecule has 0 aromatic heterocycles. The molecule has 5 nitrogen and oxygen atoms in total. The van der Waals surface area contributed by atoms with Crippen LogP contribution in [0.5, 0.6) is 0 Å². The minimum absolute atomic E-state index is 0.136. The molecule has 0 heterocycles. The van der Waals surface area contributed by atoms with Crippen molar-refractivity contribution >= 4 is 23.6 Å². The second kappa shape index (κ2) is 9.02. The van der Waals surface area contributed by atoms with Crippen molar-refractivity contribution in [2.24, 2.45) is 5.73 Å². The Morgan fingerprint density at radius 2 is 2.30 bits per heavy atom. The Morgan fingerprint density at radius 1 is 1.55 bits per heavy atom. The average molecular weight is 300 g/mol. The maximum absolute atomic E-state index is 12.1. The zero-order valence-electron chi connectivity index (χ0n) is 12.3. The summed E-state index contributed by atoms with van der Waals surface area (Å²) in [6, 6.07) is -0.595. The number of amides is 1. The maximum atomic E-state index is 12.1. The molecule has 0 saturated carbocycles. The number of carbonyl (C=O) groups is 2. The van der Waals surface area contributed by atoms with Gasteiger partial charge in [0.15, 0.2) is 0 Å². The van der Waals surface area contributed by atoms with Gasteiger partial charge in [0, 0.05) is 12.2 Å². The summed E-state index contributed by atoms with van der Waals surface area (Å²) in [6.07, 6.45) is 5.89. The van der Waals surface area contributed by atoms with Crippen molar-refractivity contribution in [1.29, 1.82) is 0 Å². The van der Waals surface area contributed by atoms with E-state index in [1.165, 1.54) is 18.9 Å². The molecule has 0 aromatic rings. The Hall–Kier alpha value is -1.01. The number of hydrogen-bond acceptors (Lipinski definition) is 5. The number of thioether (sulfide) groups is 1. The summed E-state index contributed by atoms with van der Waals surface area (Å²) in [5.41, 5.74) is 6.79. The molecule has 0 radical (unpaired) electrons. The highest BCUT2D eigenvalue weighted by molar-refractivity contribution is 7.99. The summed E-state index contributed by atoms with van der Waals surface area (Å²) < 4.78 is 4.56. The van der Waals surface area contributed by atoms with Crippen molar-refractivity contribution in [3.63, 3.8) is 0 Å². The molecular formula is C14H24N2O3S. The van der Waals surface area contributed by atoms with E-state index in [1.807, 2.05) is 11.8 Å². The molecule has 0 spiro atoms. The van der Waals surface area contributed by atoms with Crippen LogP contribution in [0.4, 0.5) is 0 Å². The lowest BCUT2D eigenvalue weighted by molar-refractivity contribution is -0.142. The first-order valence-electron chi connectivity index (χ1n) is 7.00. The number of hydrogen-bond donors (Lipinski definition) is 1. The van der Waals surface area contributed by atoms with E-state index in [4.69, 9.17) is 5.73 Å². The molecule has 1 aliphatic rings. The number of nitrogens with two attached hydrogens (primary N) is 1. The molecule has 0 aromatic carbocycles. The fraction of sp³-hybridized carbons (Fsp3) is 0.714. The predicted molar refractivity (Wildman–Crippen MR) is 81.3 cm³/mol. The molecule has 0 saturated heterocycles. The van der Waals surface area contributed by atoms with Gasteiger partial charge in [-0.05, 0) is 38.4 Å². The average Bonchev–Trinajstić information content (AvgIpc) is 2.97. The molecule has 1 aliphatic carbocycles. The monoisotopic (exact) mass is 300 g/mol. The quantitative estimate of drug-likeness (QED) is 0.543. The van der Waals surface area contributed by atoms with Crippen molar-refractivity contribution in [3.05, 3.63) is 11.8 Å². The number of carbonyl (C=O) groups excluding carboxylic acids is 2. The Morgan fingerprint density at radius 3 is 2.85 bits per heavy atom. The SMILES string of the molecule is CCN(C(=O)CSCCC(N)C(=O)OC)C1=CCCC1. The lowest BCUT2D eigenvalue weighted by atomic mass is 10.2. The Labute approximate surface area is 124 Å². The second-order valence-corrected chi connectivity index (χ2v) is 5.80. The van der Waals surface area contributed by atoms with Crippen LogP contribution < -0.4 is 5.73 Å². The van der Waals surface area contributed by atoms with Crippen LogP contribution in [-0.2, 0) is 14.3 Å². The van der Waals surface area contributed by atoms with E-state index in [2.05, 4.69) is 10.8 Å². The fourth-order valence-corrected chi connectivity index (χ4v) is 3.05. The minimum Gasteiger partial charge on any atom is -0.468 e. The maximum Gasteiger partial charge on any atom is 0.322 e. The molecule has 1 amide bonds. The zero-order chi connectivity index (χ0) is 15.0. The molecule has 1 atom stereocenters. The number of esters is 1. The third-order valence-corrected chi connectivity index (χ3v) is 4.26. The van der Waals surface area contributed by atoms with E-state index in [9.17, 15) is 9.59 Å². The summed E-state index contributed by atoms with van der Waals surface area (Å²) in [4.78, 5) is 25.1. The number of nitrogens with zero attached hydrogens (tertiary/aromatic N) is 1. The molecule has 2 N–H and O–H groups in total. The lowest BCUT2D eigenvalue weighted by Gasteiger charge is -2.22. The molecule has 1 rings (SSSR count). The van der Waals surface area contributed by atoms with E-state index in [0.29, 0.717) is 24.5 Å². The molecular weight excluding hydrogens is 276 g/mol. The van der Waals surface area contributed by atoms with Gasteiger partial charge in [0.05, 0.1) is 12.9 Å².